The molecule has 2 nitrogen and oxygen atoms in total. The third-order valence-electron chi connectivity index (χ3n) is 2.76. The molecule has 0 amide bonds. The molecule has 0 spiro atoms. The minimum absolute atomic E-state index is 0.697. The van der Waals surface area contributed by atoms with Crippen molar-refractivity contribution in [3.05, 3.63) is 73.0 Å². The lowest BCUT2D eigenvalue weighted by Crippen LogP contribution is -2.05. The molecule has 0 aromatic carbocycles. The van der Waals surface area contributed by atoms with Crippen LogP contribution >= 0.6 is 0 Å². The van der Waals surface area contributed by atoms with E-state index in [0.29, 0.717) is 5.84 Å². The predicted octanol–water partition coefficient (Wildman–Crippen LogP) is 4.95. The van der Waals surface area contributed by atoms with Gasteiger partial charge in [0, 0.05) is 17.0 Å². The van der Waals surface area contributed by atoms with Crippen LogP contribution in [0.5, 0.6) is 0 Å². The lowest BCUT2D eigenvalue weighted by Gasteiger charge is -2.09. The van der Waals surface area contributed by atoms with E-state index in [-0.39, 0.29) is 0 Å². The fraction of sp³-hybridized carbons (Fsp3) is 0.222. The summed E-state index contributed by atoms with van der Waals surface area (Å²) in [5.41, 5.74) is 3.58. The first-order valence-electron chi connectivity index (χ1n) is 6.70. The number of allylic oxidation sites excluding steroid dienone is 7. The van der Waals surface area contributed by atoms with Crippen molar-refractivity contribution in [3.8, 4) is 0 Å². The highest BCUT2D eigenvalue weighted by Gasteiger charge is 2.07. The Hall–Kier alpha value is -2.22. The molecule has 20 heavy (non-hydrogen) atoms. The summed E-state index contributed by atoms with van der Waals surface area (Å²) in [5.74, 6) is 0.697. The van der Waals surface area contributed by atoms with Crippen LogP contribution in [-0.2, 0) is 0 Å². The van der Waals surface area contributed by atoms with Gasteiger partial charge in [-0.15, -0.1) is 0 Å². The molecule has 0 aromatic heterocycles. The topological polar surface area (TPSA) is 24.7 Å². The molecule has 0 saturated carbocycles. The highest BCUT2D eigenvalue weighted by molar-refractivity contribution is 6.13. The van der Waals surface area contributed by atoms with Crippen LogP contribution in [0.1, 0.15) is 26.7 Å². The van der Waals surface area contributed by atoms with Crippen molar-refractivity contribution in [2.75, 3.05) is 0 Å². The average Bonchev–Trinajstić information content (AvgIpc) is 2.44. The van der Waals surface area contributed by atoms with Crippen molar-refractivity contribution in [2.24, 2.45) is 9.98 Å². The van der Waals surface area contributed by atoms with Crippen LogP contribution in [0.3, 0.4) is 0 Å². The van der Waals surface area contributed by atoms with Crippen LogP contribution in [0.15, 0.2) is 83.0 Å². The summed E-state index contributed by atoms with van der Waals surface area (Å²) in [6.07, 6.45) is 13.8. The zero-order valence-electron chi connectivity index (χ0n) is 12.4. The van der Waals surface area contributed by atoms with E-state index < -0.39 is 0 Å². The molecule has 1 aliphatic carbocycles. The van der Waals surface area contributed by atoms with Gasteiger partial charge in [0.1, 0.15) is 0 Å². The van der Waals surface area contributed by atoms with Gasteiger partial charge in [-0.25, -0.2) is 9.98 Å². The molecule has 2 heteroatoms. The Kier molecular flexibility index (Phi) is 6.38. The normalized spacial score (nSPS) is 16.7. The summed E-state index contributed by atoms with van der Waals surface area (Å²) in [7, 11) is 0. The average molecular weight is 266 g/mol. The maximum Gasteiger partial charge on any atom is 0.159 e. The fourth-order valence-corrected chi connectivity index (χ4v) is 1.80. The van der Waals surface area contributed by atoms with Gasteiger partial charge in [-0.1, -0.05) is 56.2 Å². The molecule has 104 valence electrons. The minimum atomic E-state index is 0.697. The van der Waals surface area contributed by atoms with E-state index in [9.17, 15) is 0 Å². The molecule has 0 radical (unpaired) electrons. The molecular formula is C18H22N2. The van der Waals surface area contributed by atoms with E-state index in [1.54, 1.807) is 12.2 Å². The number of hydrogen-bond acceptors (Lipinski definition) is 1. The molecule has 0 saturated heterocycles. The third kappa shape index (κ3) is 4.81. The van der Waals surface area contributed by atoms with Crippen molar-refractivity contribution in [2.45, 2.75) is 26.7 Å². The van der Waals surface area contributed by atoms with E-state index in [0.717, 1.165) is 35.4 Å². The molecule has 1 aliphatic rings. The van der Waals surface area contributed by atoms with Crippen LogP contribution in [0.25, 0.3) is 0 Å². The molecular weight excluding hydrogens is 244 g/mol. The van der Waals surface area contributed by atoms with E-state index in [1.165, 1.54) is 0 Å². The minimum Gasteiger partial charge on any atom is -0.234 e. The molecule has 0 N–H and O–H groups in total. The Bertz CT molecular complexity index is 552. The van der Waals surface area contributed by atoms with Gasteiger partial charge in [0.2, 0.25) is 0 Å². The SMILES string of the molecule is C=C/C=C(C=C)/C(C)=N/C(=N\C(=C)C)C1=CCCC=C1. The number of rotatable bonds is 5. The second kappa shape index (κ2) is 8.05. The van der Waals surface area contributed by atoms with Crippen LogP contribution < -0.4 is 0 Å². The summed E-state index contributed by atoms with van der Waals surface area (Å²) in [4.78, 5) is 9.07. The van der Waals surface area contributed by atoms with E-state index in [4.69, 9.17) is 0 Å². The second-order valence-electron chi connectivity index (χ2n) is 4.57. The summed E-state index contributed by atoms with van der Waals surface area (Å²) in [6.45, 7) is 15.1. The zero-order valence-corrected chi connectivity index (χ0v) is 12.4. The van der Waals surface area contributed by atoms with Crippen molar-refractivity contribution in [1.82, 2.24) is 0 Å². The van der Waals surface area contributed by atoms with E-state index in [2.05, 4.69) is 47.9 Å². The lowest BCUT2D eigenvalue weighted by atomic mass is 10.1. The third-order valence-corrected chi connectivity index (χ3v) is 2.76. The van der Waals surface area contributed by atoms with E-state index in [1.807, 2.05) is 19.9 Å². The molecule has 0 aromatic rings. The summed E-state index contributed by atoms with van der Waals surface area (Å²) >= 11 is 0. The fourth-order valence-electron chi connectivity index (χ4n) is 1.80. The van der Waals surface area contributed by atoms with Gasteiger partial charge in [0.15, 0.2) is 5.84 Å². The largest absolute Gasteiger partial charge is 0.234 e. The van der Waals surface area contributed by atoms with Crippen molar-refractivity contribution < 1.29 is 0 Å². The highest BCUT2D eigenvalue weighted by atomic mass is 14.9. The van der Waals surface area contributed by atoms with Crippen molar-refractivity contribution >= 4 is 11.5 Å². The number of nitrogens with zero attached hydrogens (tertiary/aromatic N) is 2. The maximum absolute atomic E-state index is 4.63. The predicted molar refractivity (Wildman–Crippen MR) is 90.3 cm³/mol. The zero-order chi connectivity index (χ0) is 15.0. The Balaban J connectivity index is 3.19. The Morgan fingerprint density at radius 3 is 2.45 bits per heavy atom. The summed E-state index contributed by atoms with van der Waals surface area (Å²) in [6, 6.07) is 0. The lowest BCUT2D eigenvalue weighted by molar-refractivity contribution is 1.03. The van der Waals surface area contributed by atoms with Crippen LogP contribution in [0.2, 0.25) is 0 Å². The molecule has 0 atom stereocenters. The monoisotopic (exact) mass is 266 g/mol. The Labute approximate surface area is 122 Å². The van der Waals surface area contributed by atoms with Crippen LogP contribution in [0.4, 0.5) is 0 Å². The van der Waals surface area contributed by atoms with Gasteiger partial charge in [-0.2, -0.15) is 0 Å². The van der Waals surface area contributed by atoms with Crippen LogP contribution in [0, 0.1) is 0 Å². The summed E-state index contributed by atoms with van der Waals surface area (Å²) in [5, 5.41) is 0. The molecule has 0 bridgehead atoms. The van der Waals surface area contributed by atoms with Gasteiger partial charge in [0.25, 0.3) is 0 Å². The number of hydrogen-bond donors (Lipinski definition) is 0. The molecule has 0 unspecified atom stereocenters. The highest BCUT2D eigenvalue weighted by Crippen LogP contribution is 2.15. The summed E-state index contributed by atoms with van der Waals surface area (Å²) < 4.78 is 0. The smallest absolute Gasteiger partial charge is 0.159 e. The van der Waals surface area contributed by atoms with Gasteiger partial charge < -0.3 is 0 Å². The molecule has 0 aliphatic heterocycles. The molecule has 0 fully saturated rings. The first-order chi connectivity index (χ1) is 9.58. The molecule has 1 rings (SSSR count). The van der Waals surface area contributed by atoms with Gasteiger partial charge in [-0.3, -0.25) is 0 Å². The van der Waals surface area contributed by atoms with E-state index >= 15 is 0 Å². The first-order valence-corrected chi connectivity index (χ1v) is 6.70. The van der Waals surface area contributed by atoms with Gasteiger partial charge in [-0.05, 0) is 32.3 Å². The Morgan fingerprint density at radius 2 is 1.95 bits per heavy atom. The van der Waals surface area contributed by atoms with Gasteiger partial charge in [0.05, 0.1) is 0 Å². The first kappa shape index (κ1) is 15.8. The number of amidine groups is 1. The quantitative estimate of drug-likeness (QED) is 0.382. The van der Waals surface area contributed by atoms with Crippen LogP contribution in [-0.4, -0.2) is 11.5 Å². The van der Waals surface area contributed by atoms with Crippen molar-refractivity contribution in [3.63, 3.8) is 0 Å². The van der Waals surface area contributed by atoms with Crippen molar-refractivity contribution in [1.29, 1.82) is 0 Å². The molecule has 0 heterocycles. The standard InChI is InChI=1S/C18H22N2/c1-6-11-16(7-2)15(5)20-18(19-14(3)4)17-12-9-8-10-13-17/h6-7,9,11-13H,1-3,8,10H2,4-5H3/b16-11+,19-18-,20-15+. The number of aliphatic imine (C=N–C) groups is 2. The van der Waals surface area contributed by atoms with Gasteiger partial charge >= 0.3 is 0 Å². The Morgan fingerprint density at radius 1 is 1.20 bits per heavy atom. The second-order valence-corrected chi connectivity index (χ2v) is 4.57. The maximum atomic E-state index is 4.63.